The summed E-state index contributed by atoms with van der Waals surface area (Å²) in [4.78, 5) is 14.5. The molecule has 0 spiro atoms. The highest BCUT2D eigenvalue weighted by Crippen LogP contribution is 2.41. The highest BCUT2D eigenvalue weighted by Gasteiger charge is 2.36. The predicted molar refractivity (Wildman–Crippen MR) is 97.9 cm³/mol. The van der Waals surface area contributed by atoms with Gasteiger partial charge in [0.05, 0.1) is 7.11 Å². The number of nitrogens with zero attached hydrogens (tertiary/aromatic N) is 1. The maximum Gasteiger partial charge on any atom is 0.317 e. The first-order valence-corrected chi connectivity index (χ1v) is 9.45. The van der Waals surface area contributed by atoms with Crippen LogP contribution in [-0.4, -0.2) is 49.4 Å². The zero-order chi connectivity index (χ0) is 17.7. The molecule has 0 aromatic heterocycles. The number of carbonyl (C=O) groups is 1. The molecule has 138 valence electrons. The van der Waals surface area contributed by atoms with Gasteiger partial charge >= 0.3 is 6.03 Å². The van der Waals surface area contributed by atoms with E-state index < -0.39 is 0 Å². The van der Waals surface area contributed by atoms with E-state index in [1.54, 1.807) is 7.11 Å². The van der Waals surface area contributed by atoms with Gasteiger partial charge in [-0.3, -0.25) is 0 Å². The van der Waals surface area contributed by atoms with Crippen LogP contribution < -0.4 is 10.1 Å². The van der Waals surface area contributed by atoms with E-state index in [1.165, 1.54) is 18.4 Å². The van der Waals surface area contributed by atoms with Gasteiger partial charge in [0.2, 0.25) is 0 Å². The van der Waals surface area contributed by atoms with Crippen LogP contribution in [0.5, 0.6) is 5.75 Å². The summed E-state index contributed by atoms with van der Waals surface area (Å²) in [5.41, 5.74) is 1.29. The minimum atomic E-state index is 0.0214. The van der Waals surface area contributed by atoms with Gasteiger partial charge in [-0.25, -0.2) is 4.79 Å². The third-order valence-electron chi connectivity index (χ3n) is 5.98. The Bertz CT molecular complexity index is 576. The van der Waals surface area contributed by atoms with Crippen LogP contribution in [0, 0.1) is 5.92 Å². The van der Waals surface area contributed by atoms with E-state index in [0.29, 0.717) is 12.5 Å². The molecule has 0 unspecified atom stereocenters. The lowest BCUT2D eigenvalue weighted by Crippen LogP contribution is -2.48. The molecular weight excluding hydrogens is 316 g/mol. The average Bonchev–Trinajstić information content (AvgIpc) is 3.16. The quantitative estimate of drug-likeness (QED) is 0.862. The van der Waals surface area contributed by atoms with Gasteiger partial charge < -0.3 is 20.1 Å². The molecular formula is C20H30N2O3. The number of hydrogen-bond donors (Lipinski definition) is 2. The van der Waals surface area contributed by atoms with Gasteiger partial charge in [0.25, 0.3) is 0 Å². The smallest absolute Gasteiger partial charge is 0.317 e. The van der Waals surface area contributed by atoms with Crippen LogP contribution >= 0.6 is 0 Å². The molecule has 2 amide bonds. The fourth-order valence-corrected chi connectivity index (χ4v) is 4.25. The highest BCUT2D eigenvalue weighted by molar-refractivity contribution is 5.74. The summed E-state index contributed by atoms with van der Waals surface area (Å²) < 4.78 is 5.38. The first-order chi connectivity index (χ1) is 12.2. The predicted octanol–water partition coefficient (Wildman–Crippen LogP) is 2.92. The standard InChI is InChI=1S/C20H30N2O3/c1-25-18-6-4-5-17(13-18)20(9-2-3-10-20)15-21-19(24)22-11-7-16(14-23)8-12-22/h4-6,13,16,23H,2-3,7-12,14-15H2,1H3,(H,21,24). The average molecular weight is 346 g/mol. The molecule has 3 rings (SSSR count). The number of methoxy groups -OCH3 is 1. The monoisotopic (exact) mass is 346 g/mol. The normalized spacial score (nSPS) is 20.5. The molecule has 1 saturated carbocycles. The second-order valence-corrected chi connectivity index (χ2v) is 7.49. The second kappa shape index (κ2) is 8.09. The van der Waals surface area contributed by atoms with Gasteiger partial charge in [0.15, 0.2) is 0 Å². The minimum absolute atomic E-state index is 0.0214. The zero-order valence-electron chi connectivity index (χ0n) is 15.2. The maximum atomic E-state index is 12.6. The van der Waals surface area contributed by atoms with Crippen LogP contribution in [0.15, 0.2) is 24.3 Å². The van der Waals surface area contributed by atoms with Crippen LogP contribution in [0.1, 0.15) is 44.1 Å². The summed E-state index contributed by atoms with van der Waals surface area (Å²) >= 11 is 0. The number of amides is 2. The summed E-state index contributed by atoms with van der Waals surface area (Å²) in [5, 5.41) is 12.4. The van der Waals surface area contributed by atoms with E-state index in [1.807, 2.05) is 17.0 Å². The summed E-state index contributed by atoms with van der Waals surface area (Å²) in [6, 6.07) is 8.31. The number of ether oxygens (including phenoxy) is 1. The topological polar surface area (TPSA) is 61.8 Å². The van der Waals surface area contributed by atoms with E-state index in [-0.39, 0.29) is 18.1 Å². The molecule has 2 N–H and O–H groups in total. The number of urea groups is 1. The number of piperidine rings is 1. The van der Waals surface area contributed by atoms with Crippen molar-refractivity contribution in [3.05, 3.63) is 29.8 Å². The van der Waals surface area contributed by atoms with Crippen molar-refractivity contribution in [3.63, 3.8) is 0 Å². The molecule has 1 aromatic carbocycles. The number of aliphatic hydroxyl groups is 1. The summed E-state index contributed by atoms with van der Waals surface area (Å²) in [7, 11) is 1.69. The zero-order valence-corrected chi connectivity index (χ0v) is 15.2. The van der Waals surface area contributed by atoms with Crippen LogP contribution in [-0.2, 0) is 5.41 Å². The Morgan fingerprint density at radius 3 is 2.68 bits per heavy atom. The molecule has 25 heavy (non-hydrogen) atoms. The number of rotatable bonds is 5. The van der Waals surface area contributed by atoms with Gasteiger partial charge in [0, 0.05) is 31.7 Å². The number of likely N-dealkylation sites (tertiary alicyclic amines) is 1. The van der Waals surface area contributed by atoms with E-state index in [9.17, 15) is 9.90 Å². The van der Waals surface area contributed by atoms with Gasteiger partial charge in [0.1, 0.15) is 5.75 Å². The largest absolute Gasteiger partial charge is 0.497 e. The lowest BCUT2D eigenvalue weighted by Gasteiger charge is -2.34. The molecule has 0 atom stereocenters. The number of nitrogens with one attached hydrogen (secondary N) is 1. The van der Waals surface area contributed by atoms with Crippen molar-refractivity contribution in [3.8, 4) is 5.75 Å². The molecule has 1 aromatic rings. The molecule has 5 nitrogen and oxygen atoms in total. The first kappa shape index (κ1) is 18.1. The van der Waals surface area contributed by atoms with E-state index in [0.717, 1.165) is 44.5 Å². The maximum absolute atomic E-state index is 12.6. The van der Waals surface area contributed by atoms with E-state index >= 15 is 0 Å². The van der Waals surface area contributed by atoms with Crippen molar-refractivity contribution in [2.45, 2.75) is 43.9 Å². The van der Waals surface area contributed by atoms with Crippen LogP contribution in [0.4, 0.5) is 4.79 Å². The Labute approximate surface area is 150 Å². The van der Waals surface area contributed by atoms with E-state index in [4.69, 9.17) is 4.74 Å². The van der Waals surface area contributed by atoms with Crippen molar-refractivity contribution in [2.75, 3.05) is 33.4 Å². The van der Waals surface area contributed by atoms with Crippen molar-refractivity contribution in [1.29, 1.82) is 0 Å². The van der Waals surface area contributed by atoms with Gasteiger partial charge in [-0.05, 0) is 49.3 Å². The molecule has 1 aliphatic carbocycles. The van der Waals surface area contributed by atoms with Crippen LogP contribution in [0.2, 0.25) is 0 Å². The van der Waals surface area contributed by atoms with Gasteiger partial charge in [-0.1, -0.05) is 25.0 Å². The van der Waals surface area contributed by atoms with Crippen molar-refractivity contribution in [2.24, 2.45) is 5.92 Å². The molecule has 1 heterocycles. The molecule has 1 saturated heterocycles. The SMILES string of the molecule is COc1cccc(C2(CNC(=O)N3CCC(CO)CC3)CCCC2)c1. The third-order valence-corrected chi connectivity index (χ3v) is 5.98. The van der Waals surface area contributed by atoms with Gasteiger partial charge in [-0.2, -0.15) is 0 Å². The Morgan fingerprint density at radius 2 is 2.04 bits per heavy atom. The fraction of sp³-hybridized carbons (Fsp3) is 0.650. The third kappa shape index (κ3) is 4.09. The van der Waals surface area contributed by atoms with E-state index in [2.05, 4.69) is 17.4 Å². The minimum Gasteiger partial charge on any atom is -0.497 e. The molecule has 5 heteroatoms. The van der Waals surface area contributed by atoms with Crippen LogP contribution in [0.25, 0.3) is 0 Å². The van der Waals surface area contributed by atoms with Crippen LogP contribution in [0.3, 0.4) is 0 Å². The number of carbonyl (C=O) groups excluding carboxylic acids is 1. The Balaban J connectivity index is 1.63. The molecule has 0 bridgehead atoms. The summed E-state index contributed by atoms with van der Waals surface area (Å²) in [6.45, 7) is 2.39. The van der Waals surface area contributed by atoms with Crippen molar-refractivity contribution >= 4 is 6.03 Å². The summed E-state index contributed by atoms with van der Waals surface area (Å²) in [5.74, 6) is 1.23. The summed E-state index contributed by atoms with van der Waals surface area (Å²) in [6.07, 6.45) is 6.40. The first-order valence-electron chi connectivity index (χ1n) is 9.45. The Hall–Kier alpha value is -1.75. The number of hydrogen-bond acceptors (Lipinski definition) is 3. The Kier molecular flexibility index (Phi) is 5.84. The highest BCUT2D eigenvalue weighted by atomic mass is 16.5. The van der Waals surface area contributed by atoms with Gasteiger partial charge in [-0.15, -0.1) is 0 Å². The molecule has 2 fully saturated rings. The Morgan fingerprint density at radius 1 is 1.32 bits per heavy atom. The lowest BCUT2D eigenvalue weighted by atomic mass is 9.78. The second-order valence-electron chi connectivity index (χ2n) is 7.49. The molecule has 1 aliphatic heterocycles. The van der Waals surface area contributed by atoms with Crippen molar-refractivity contribution < 1.29 is 14.6 Å². The fourth-order valence-electron chi connectivity index (χ4n) is 4.25. The molecule has 2 aliphatic rings. The lowest BCUT2D eigenvalue weighted by molar-refractivity contribution is 0.136. The van der Waals surface area contributed by atoms with Crippen molar-refractivity contribution in [1.82, 2.24) is 10.2 Å². The molecule has 0 radical (unpaired) electrons. The number of aliphatic hydroxyl groups excluding tert-OH is 1. The number of benzene rings is 1.